The molecule has 2 aromatic rings. The number of hydrogen-bond acceptors (Lipinski definition) is 5. The predicted molar refractivity (Wildman–Crippen MR) is 82.9 cm³/mol. The van der Waals surface area contributed by atoms with Crippen LogP contribution in [0.1, 0.15) is 21.5 Å². The zero-order valence-corrected chi connectivity index (χ0v) is 13.1. The summed E-state index contributed by atoms with van der Waals surface area (Å²) in [5.41, 5.74) is 4.89. The van der Waals surface area contributed by atoms with Crippen LogP contribution in [0.25, 0.3) is 0 Å². The van der Waals surface area contributed by atoms with E-state index in [1.165, 1.54) is 22.5 Å². The number of fused-ring (bicyclic) bond motifs is 1. The Balaban J connectivity index is 1.86. The predicted octanol–water partition coefficient (Wildman–Crippen LogP) is 1.96. The number of nitrogens with zero attached hydrogens (tertiary/aromatic N) is 4. The lowest BCUT2D eigenvalue weighted by atomic mass is 9.98. The van der Waals surface area contributed by atoms with E-state index in [0.29, 0.717) is 10.7 Å². The van der Waals surface area contributed by atoms with Gasteiger partial charge in [0.15, 0.2) is 0 Å². The van der Waals surface area contributed by atoms with Gasteiger partial charge in [-0.15, -0.1) is 10.2 Å². The van der Waals surface area contributed by atoms with E-state index in [0.717, 1.165) is 19.5 Å². The first kappa shape index (κ1) is 13.6. The summed E-state index contributed by atoms with van der Waals surface area (Å²) in [6.45, 7) is 1.92. The number of hydrogen-bond donors (Lipinski definition) is 0. The number of carbonyl (C=O) groups is 1. The molecule has 0 N–H and O–H groups in total. The van der Waals surface area contributed by atoms with Crippen LogP contribution in [-0.2, 0) is 13.0 Å². The summed E-state index contributed by atoms with van der Waals surface area (Å²) in [6, 6.07) is 5.95. The summed E-state index contributed by atoms with van der Waals surface area (Å²) in [5.74, 6) is -0.0437. The second-order valence-electron chi connectivity index (χ2n) is 4.79. The van der Waals surface area contributed by atoms with Gasteiger partial charge in [0.2, 0.25) is 5.13 Å². The van der Waals surface area contributed by atoms with Crippen molar-refractivity contribution in [2.24, 2.45) is 0 Å². The summed E-state index contributed by atoms with van der Waals surface area (Å²) in [7, 11) is 4.46. The number of anilines is 1. The SMILES string of the molecule is CN(C(=O)c1ccc2c(c1)CCN(P)C2)c1nncs1. The van der Waals surface area contributed by atoms with Crippen LogP contribution in [-0.4, -0.2) is 34.4 Å². The van der Waals surface area contributed by atoms with Crippen molar-refractivity contribution in [3.05, 3.63) is 40.4 Å². The summed E-state index contributed by atoms with van der Waals surface area (Å²) in [6.07, 6.45) is 0.975. The highest BCUT2D eigenvalue weighted by atomic mass is 32.1. The average Bonchev–Trinajstić information content (AvgIpc) is 2.99. The van der Waals surface area contributed by atoms with Crippen LogP contribution in [0, 0.1) is 0 Å². The van der Waals surface area contributed by atoms with Crippen LogP contribution in [0.2, 0.25) is 0 Å². The van der Waals surface area contributed by atoms with Gasteiger partial charge in [-0.3, -0.25) is 14.4 Å². The van der Waals surface area contributed by atoms with E-state index >= 15 is 0 Å². The second kappa shape index (κ2) is 5.56. The second-order valence-corrected chi connectivity index (χ2v) is 6.33. The maximum absolute atomic E-state index is 12.4. The molecule has 1 aliphatic rings. The third-order valence-electron chi connectivity index (χ3n) is 3.44. The van der Waals surface area contributed by atoms with Crippen molar-refractivity contribution in [3.8, 4) is 0 Å². The minimum absolute atomic E-state index is 0.0437. The lowest BCUT2D eigenvalue weighted by molar-refractivity contribution is 0.0992. The van der Waals surface area contributed by atoms with E-state index in [9.17, 15) is 4.79 Å². The largest absolute Gasteiger partial charge is 0.286 e. The smallest absolute Gasteiger partial charge is 0.259 e. The first-order valence-corrected chi connectivity index (χ1v) is 7.70. The number of benzene rings is 1. The molecule has 3 rings (SSSR count). The van der Waals surface area contributed by atoms with Crippen LogP contribution in [0.5, 0.6) is 0 Å². The standard InChI is InChI=1S/C13H15N4OPS/c1-16(13-15-14-8-20-13)12(18)10-2-3-11-7-17(19)5-4-9(11)6-10/h2-3,6,8H,4-5,7,19H2,1H3. The molecule has 0 saturated carbocycles. The van der Waals surface area contributed by atoms with Gasteiger partial charge in [0.05, 0.1) is 0 Å². The van der Waals surface area contributed by atoms with E-state index < -0.39 is 0 Å². The molecule has 1 unspecified atom stereocenters. The van der Waals surface area contributed by atoms with Crippen LogP contribution in [0.15, 0.2) is 23.7 Å². The molecule has 20 heavy (non-hydrogen) atoms. The van der Waals surface area contributed by atoms with E-state index in [1.807, 2.05) is 18.2 Å². The molecular weight excluding hydrogens is 291 g/mol. The normalized spacial score (nSPS) is 14.9. The molecule has 5 nitrogen and oxygen atoms in total. The molecule has 2 heterocycles. The zero-order valence-electron chi connectivity index (χ0n) is 11.1. The first-order chi connectivity index (χ1) is 9.65. The first-order valence-electron chi connectivity index (χ1n) is 6.31. The third kappa shape index (κ3) is 2.59. The van der Waals surface area contributed by atoms with Gasteiger partial charge in [0.25, 0.3) is 5.91 Å². The fourth-order valence-corrected chi connectivity index (χ4v) is 3.15. The monoisotopic (exact) mass is 306 g/mol. The molecule has 0 fully saturated rings. The molecule has 104 valence electrons. The molecule has 0 radical (unpaired) electrons. The Bertz CT molecular complexity index is 631. The molecule has 7 heteroatoms. The lowest BCUT2D eigenvalue weighted by Crippen LogP contribution is -2.27. The number of aromatic nitrogens is 2. The highest BCUT2D eigenvalue weighted by Crippen LogP contribution is 2.24. The Morgan fingerprint density at radius 1 is 1.45 bits per heavy atom. The highest BCUT2D eigenvalue weighted by molar-refractivity contribution is 7.13. The minimum Gasteiger partial charge on any atom is -0.286 e. The topological polar surface area (TPSA) is 49.3 Å². The van der Waals surface area contributed by atoms with Crippen molar-refractivity contribution in [2.75, 3.05) is 18.5 Å². The van der Waals surface area contributed by atoms with Gasteiger partial charge in [0.1, 0.15) is 5.51 Å². The fourth-order valence-electron chi connectivity index (χ4n) is 2.30. The Morgan fingerprint density at radius 2 is 2.30 bits per heavy atom. The number of amides is 1. The van der Waals surface area contributed by atoms with Gasteiger partial charge < -0.3 is 0 Å². The molecule has 0 aliphatic carbocycles. The van der Waals surface area contributed by atoms with E-state index in [1.54, 1.807) is 17.5 Å². The van der Waals surface area contributed by atoms with Crippen molar-refractivity contribution < 1.29 is 4.79 Å². The van der Waals surface area contributed by atoms with Crippen molar-refractivity contribution in [1.29, 1.82) is 0 Å². The highest BCUT2D eigenvalue weighted by Gasteiger charge is 2.19. The molecule has 1 atom stereocenters. The molecule has 1 aromatic carbocycles. The van der Waals surface area contributed by atoms with Crippen LogP contribution < -0.4 is 4.90 Å². The Kier molecular flexibility index (Phi) is 3.78. The van der Waals surface area contributed by atoms with Gasteiger partial charge in [-0.05, 0) is 29.7 Å². The van der Waals surface area contributed by atoms with Gasteiger partial charge in [-0.1, -0.05) is 26.8 Å². The number of carbonyl (C=O) groups excluding carboxylic acids is 1. The maximum atomic E-state index is 12.4. The van der Waals surface area contributed by atoms with E-state index in [2.05, 4.69) is 24.3 Å². The summed E-state index contributed by atoms with van der Waals surface area (Å²) in [5, 5.41) is 8.30. The fraction of sp³-hybridized carbons (Fsp3) is 0.308. The molecule has 1 aliphatic heterocycles. The minimum atomic E-state index is -0.0437. The van der Waals surface area contributed by atoms with Gasteiger partial charge in [-0.25, -0.2) is 0 Å². The van der Waals surface area contributed by atoms with Gasteiger partial charge in [0, 0.05) is 25.7 Å². The molecule has 1 aromatic heterocycles. The van der Waals surface area contributed by atoms with Crippen LogP contribution in [0.3, 0.4) is 0 Å². The summed E-state index contributed by atoms with van der Waals surface area (Å²) in [4.78, 5) is 14.0. The maximum Gasteiger partial charge on any atom is 0.259 e. The third-order valence-corrected chi connectivity index (χ3v) is 4.64. The average molecular weight is 306 g/mol. The van der Waals surface area contributed by atoms with Gasteiger partial charge >= 0.3 is 0 Å². The van der Waals surface area contributed by atoms with Crippen molar-refractivity contribution in [2.45, 2.75) is 13.0 Å². The summed E-state index contributed by atoms with van der Waals surface area (Å²) < 4.78 is 2.21. The Labute approximate surface area is 123 Å². The zero-order chi connectivity index (χ0) is 14.1. The van der Waals surface area contributed by atoms with E-state index in [4.69, 9.17) is 0 Å². The van der Waals surface area contributed by atoms with Gasteiger partial charge in [-0.2, -0.15) is 0 Å². The van der Waals surface area contributed by atoms with Crippen LogP contribution >= 0.6 is 20.7 Å². The lowest BCUT2D eigenvalue weighted by Gasteiger charge is -2.25. The molecule has 0 saturated heterocycles. The molecule has 0 bridgehead atoms. The number of rotatable bonds is 2. The van der Waals surface area contributed by atoms with Crippen molar-refractivity contribution >= 4 is 31.8 Å². The van der Waals surface area contributed by atoms with E-state index in [-0.39, 0.29) is 5.91 Å². The molecule has 1 amide bonds. The molecule has 0 spiro atoms. The van der Waals surface area contributed by atoms with Crippen LogP contribution in [0.4, 0.5) is 5.13 Å². The Hall–Kier alpha value is -1.36. The van der Waals surface area contributed by atoms with Crippen molar-refractivity contribution in [1.82, 2.24) is 14.9 Å². The van der Waals surface area contributed by atoms with Crippen molar-refractivity contribution in [3.63, 3.8) is 0 Å². The summed E-state index contributed by atoms with van der Waals surface area (Å²) >= 11 is 1.36. The molecular formula is C13H15N4OPS. The quantitative estimate of drug-likeness (QED) is 0.796. The Morgan fingerprint density at radius 3 is 3.05 bits per heavy atom.